The lowest BCUT2D eigenvalue weighted by atomic mass is 10.2. The molecule has 0 aromatic rings. The van der Waals surface area contributed by atoms with Crippen LogP contribution in [-0.4, -0.2) is 43.0 Å². The van der Waals surface area contributed by atoms with E-state index in [1.165, 1.54) is 0 Å². The molecule has 0 bridgehead atoms. The molecule has 1 amide bonds. The zero-order valence-corrected chi connectivity index (χ0v) is 8.91. The molecule has 1 unspecified atom stereocenters. The summed E-state index contributed by atoms with van der Waals surface area (Å²) in [4.78, 5) is 13.5. The molecular weight excluding hydrogens is 192 g/mol. The first-order chi connectivity index (χ1) is 7.27. The number of rotatable bonds is 5. The fraction of sp³-hybridized carbons (Fsp3) is 0.800. The van der Waals surface area contributed by atoms with Crippen LogP contribution in [0.25, 0.3) is 0 Å². The number of amides is 1. The second-order valence-corrected chi connectivity index (χ2v) is 3.76. The summed E-state index contributed by atoms with van der Waals surface area (Å²) < 4.78 is 0. The van der Waals surface area contributed by atoms with Gasteiger partial charge in [0.15, 0.2) is 0 Å². The summed E-state index contributed by atoms with van der Waals surface area (Å²) in [7, 11) is 0. The normalized spacial score (nSPS) is 21.2. The van der Waals surface area contributed by atoms with Crippen molar-refractivity contribution in [1.82, 2.24) is 10.2 Å². The van der Waals surface area contributed by atoms with E-state index in [4.69, 9.17) is 11.0 Å². The first-order valence-electron chi connectivity index (χ1n) is 5.35. The van der Waals surface area contributed by atoms with Gasteiger partial charge in [-0.3, -0.25) is 9.69 Å². The molecule has 1 saturated heterocycles. The molecular formula is C10H18N4O. The number of nitriles is 1. The van der Waals surface area contributed by atoms with Crippen molar-refractivity contribution in [3.8, 4) is 6.07 Å². The van der Waals surface area contributed by atoms with Crippen LogP contribution < -0.4 is 11.1 Å². The third kappa shape index (κ3) is 3.86. The summed E-state index contributed by atoms with van der Waals surface area (Å²) >= 11 is 0. The topological polar surface area (TPSA) is 82.2 Å². The Hall–Kier alpha value is -1.12. The molecule has 5 nitrogen and oxygen atoms in total. The van der Waals surface area contributed by atoms with Crippen LogP contribution in [0.4, 0.5) is 0 Å². The van der Waals surface area contributed by atoms with Gasteiger partial charge in [-0.25, -0.2) is 0 Å². The van der Waals surface area contributed by atoms with E-state index in [1.807, 2.05) is 6.07 Å². The Kier molecular flexibility index (Phi) is 5.08. The fourth-order valence-electron chi connectivity index (χ4n) is 1.87. The molecule has 0 aliphatic carbocycles. The van der Waals surface area contributed by atoms with Gasteiger partial charge in [0.05, 0.1) is 19.0 Å². The molecule has 1 rings (SSSR count). The maximum absolute atomic E-state index is 11.4. The lowest BCUT2D eigenvalue weighted by molar-refractivity contribution is -0.122. The Morgan fingerprint density at radius 1 is 1.67 bits per heavy atom. The first kappa shape index (κ1) is 12.0. The van der Waals surface area contributed by atoms with E-state index in [0.717, 1.165) is 19.4 Å². The van der Waals surface area contributed by atoms with Crippen molar-refractivity contribution >= 4 is 5.91 Å². The number of hydrogen-bond acceptors (Lipinski definition) is 4. The molecule has 1 aliphatic heterocycles. The van der Waals surface area contributed by atoms with Crippen LogP contribution >= 0.6 is 0 Å². The minimum Gasteiger partial charge on any atom is -0.354 e. The zero-order chi connectivity index (χ0) is 11.1. The average Bonchev–Trinajstić information content (AvgIpc) is 2.65. The highest BCUT2D eigenvalue weighted by molar-refractivity contribution is 5.78. The maximum atomic E-state index is 11.4. The monoisotopic (exact) mass is 210 g/mol. The summed E-state index contributed by atoms with van der Waals surface area (Å²) in [5, 5.41) is 11.0. The van der Waals surface area contributed by atoms with Crippen LogP contribution in [0.2, 0.25) is 0 Å². The minimum absolute atomic E-state index is 0.00870. The van der Waals surface area contributed by atoms with E-state index in [-0.39, 0.29) is 5.91 Å². The standard InChI is InChI=1S/C10H18N4O/c11-4-2-5-13-10(15)8-14-6-1-3-9(14)7-12/h9H,1-3,5-8,12H2,(H,13,15). The Morgan fingerprint density at radius 2 is 2.47 bits per heavy atom. The van der Waals surface area contributed by atoms with E-state index >= 15 is 0 Å². The van der Waals surface area contributed by atoms with Crippen LogP contribution in [0.1, 0.15) is 19.3 Å². The van der Waals surface area contributed by atoms with Gasteiger partial charge in [-0.2, -0.15) is 5.26 Å². The quantitative estimate of drug-likeness (QED) is 0.596. The molecule has 1 heterocycles. The third-order valence-electron chi connectivity index (χ3n) is 2.68. The van der Waals surface area contributed by atoms with Crippen LogP contribution in [-0.2, 0) is 4.79 Å². The van der Waals surface area contributed by atoms with E-state index < -0.39 is 0 Å². The smallest absolute Gasteiger partial charge is 0.234 e. The van der Waals surface area contributed by atoms with Gasteiger partial charge >= 0.3 is 0 Å². The molecule has 1 atom stereocenters. The van der Waals surface area contributed by atoms with E-state index in [2.05, 4.69) is 10.2 Å². The molecule has 5 heteroatoms. The molecule has 0 saturated carbocycles. The van der Waals surface area contributed by atoms with Crippen molar-refractivity contribution in [2.75, 3.05) is 26.2 Å². The Balaban J connectivity index is 2.22. The Morgan fingerprint density at radius 3 is 3.13 bits per heavy atom. The van der Waals surface area contributed by atoms with E-state index in [1.54, 1.807) is 0 Å². The first-order valence-corrected chi connectivity index (χ1v) is 5.35. The number of nitrogens with one attached hydrogen (secondary N) is 1. The van der Waals surface area contributed by atoms with Crippen molar-refractivity contribution in [3.63, 3.8) is 0 Å². The molecule has 0 aromatic heterocycles. The molecule has 0 radical (unpaired) electrons. The average molecular weight is 210 g/mol. The number of carbonyl (C=O) groups excluding carboxylic acids is 1. The van der Waals surface area contributed by atoms with Crippen LogP contribution in [0, 0.1) is 11.3 Å². The minimum atomic E-state index is -0.00870. The SMILES string of the molecule is N#CCCNC(=O)CN1CCCC1CN. The summed E-state index contributed by atoms with van der Waals surface area (Å²) in [6, 6.07) is 2.34. The van der Waals surface area contributed by atoms with Gasteiger partial charge in [-0.05, 0) is 19.4 Å². The van der Waals surface area contributed by atoms with Crippen LogP contribution in [0.3, 0.4) is 0 Å². The number of carbonyl (C=O) groups is 1. The summed E-state index contributed by atoms with van der Waals surface area (Å²) in [5.74, 6) is -0.00870. The summed E-state index contributed by atoms with van der Waals surface area (Å²) in [5.41, 5.74) is 5.61. The van der Waals surface area contributed by atoms with Gasteiger partial charge in [0, 0.05) is 19.1 Å². The van der Waals surface area contributed by atoms with Gasteiger partial charge in [-0.15, -0.1) is 0 Å². The molecule has 1 fully saturated rings. The molecule has 15 heavy (non-hydrogen) atoms. The van der Waals surface area contributed by atoms with E-state index in [9.17, 15) is 4.79 Å². The highest BCUT2D eigenvalue weighted by Crippen LogP contribution is 2.14. The Bertz CT molecular complexity index is 248. The van der Waals surface area contributed by atoms with Gasteiger partial charge in [0.1, 0.15) is 0 Å². The Labute approximate surface area is 90.2 Å². The fourth-order valence-corrected chi connectivity index (χ4v) is 1.87. The van der Waals surface area contributed by atoms with Crippen molar-refractivity contribution in [2.45, 2.75) is 25.3 Å². The number of nitrogens with two attached hydrogens (primary N) is 1. The van der Waals surface area contributed by atoms with Crippen molar-refractivity contribution in [1.29, 1.82) is 5.26 Å². The van der Waals surface area contributed by atoms with Gasteiger partial charge in [0.2, 0.25) is 5.91 Å². The van der Waals surface area contributed by atoms with Crippen LogP contribution in [0.5, 0.6) is 0 Å². The van der Waals surface area contributed by atoms with Crippen molar-refractivity contribution in [3.05, 3.63) is 0 Å². The predicted molar refractivity (Wildman–Crippen MR) is 56.9 cm³/mol. The third-order valence-corrected chi connectivity index (χ3v) is 2.68. The molecule has 1 aliphatic rings. The molecule has 0 spiro atoms. The van der Waals surface area contributed by atoms with Gasteiger partial charge in [-0.1, -0.05) is 0 Å². The number of hydrogen-bond donors (Lipinski definition) is 2. The second kappa shape index (κ2) is 6.38. The summed E-state index contributed by atoms with van der Waals surface area (Å²) in [6.07, 6.45) is 2.57. The lowest BCUT2D eigenvalue weighted by Gasteiger charge is -2.22. The van der Waals surface area contributed by atoms with Crippen LogP contribution in [0.15, 0.2) is 0 Å². The van der Waals surface area contributed by atoms with Crippen molar-refractivity contribution in [2.24, 2.45) is 5.73 Å². The number of nitrogens with zero attached hydrogens (tertiary/aromatic N) is 2. The maximum Gasteiger partial charge on any atom is 0.234 e. The number of likely N-dealkylation sites (tertiary alicyclic amines) is 1. The highest BCUT2D eigenvalue weighted by atomic mass is 16.2. The predicted octanol–water partition coefficient (Wildman–Crippen LogP) is -0.561. The largest absolute Gasteiger partial charge is 0.354 e. The van der Waals surface area contributed by atoms with Gasteiger partial charge < -0.3 is 11.1 Å². The lowest BCUT2D eigenvalue weighted by Crippen LogP contribution is -2.42. The van der Waals surface area contributed by atoms with Gasteiger partial charge in [0.25, 0.3) is 0 Å². The van der Waals surface area contributed by atoms with E-state index in [0.29, 0.717) is 32.1 Å². The molecule has 84 valence electrons. The second-order valence-electron chi connectivity index (χ2n) is 3.76. The molecule has 3 N–H and O–H groups in total. The summed E-state index contributed by atoms with van der Waals surface area (Å²) in [6.45, 7) is 2.42. The zero-order valence-electron chi connectivity index (χ0n) is 8.91. The van der Waals surface area contributed by atoms with Crippen molar-refractivity contribution < 1.29 is 4.79 Å². The molecule has 0 aromatic carbocycles. The highest BCUT2D eigenvalue weighted by Gasteiger charge is 2.24.